The molecule has 0 N–H and O–H groups in total. The summed E-state index contributed by atoms with van der Waals surface area (Å²) in [5, 5.41) is 8.28. The Balaban J connectivity index is 2.92. The van der Waals surface area contributed by atoms with Crippen LogP contribution in [0.1, 0.15) is 51.9 Å². The number of allylic oxidation sites excluding steroid dienone is 2. The second-order valence-electron chi connectivity index (χ2n) is 2.99. The summed E-state index contributed by atoms with van der Waals surface area (Å²) in [4.78, 5) is 0. The molecule has 0 saturated heterocycles. The van der Waals surface area contributed by atoms with E-state index in [1.165, 1.54) is 25.7 Å². The van der Waals surface area contributed by atoms with Crippen molar-refractivity contribution < 1.29 is 0 Å². The third kappa shape index (κ3) is 9.23. The van der Waals surface area contributed by atoms with Crippen molar-refractivity contribution in [3.05, 3.63) is 12.2 Å². The zero-order valence-corrected chi connectivity index (χ0v) is 8.05. The fourth-order valence-corrected chi connectivity index (χ4v) is 1.10. The van der Waals surface area contributed by atoms with E-state index in [9.17, 15) is 0 Å². The van der Waals surface area contributed by atoms with Gasteiger partial charge in [-0.3, -0.25) is 0 Å². The Morgan fingerprint density at radius 3 is 2.50 bits per heavy atom. The summed E-state index contributed by atoms with van der Waals surface area (Å²) in [6, 6.07) is 2.16. The van der Waals surface area contributed by atoms with Crippen LogP contribution in [0.15, 0.2) is 12.2 Å². The SMILES string of the molecule is CC/C=C/CCCCCCC#N. The average Bonchev–Trinajstić information content (AvgIpc) is 2.10. The van der Waals surface area contributed by atoms with E-state index < -0.39 is 0 Å². The lowest BCUT2D eigenvalue weighted by atomic mass is 10.1. The number of nitrogens with zero attached hydrogens (tertiary/aromatic N) is 1. The highest BCUT2D eigenvalue weighted by Crippen LogP contribution is 2.05. The van der Waals surface area contributed by atoms with E-state index >= 15 is 0 Å². The Morgan fingerprint density at radius 2 is 1.83 bits per heavy atom. The summed E-state index contributed by atoms with van der Waals surface area (Å²) in [5.74, 6) is 0. The fourth-order valence-electron chi connectivity index (χ4n) is 1.10. The van der Waals surface area contributed by atoms with Crippen molar-refractivity contribution in [2.45, 2.75) is 51.9 Å². The summed E-state index contributed by atoms with van der Waals surface area (Å²) in [7, 11) is 0. The van der Waals surface area contributed by atoms with E-state index in [1.54, 1.807) is 0 Å². The van der Waals surface area contributed by atoms with Crippen molar-refractivity contribution in [3.63, 3.8) is 0 Å². The molecule has 0 aromatic carbocycles. The summed E-state index contributed by atoms with van der Waals surface area (Å²) < 4.78 is 0. The van der Waals surface area contributed by atoms with E-state index in [-0.39, 0.29) is 0 Å². The third-order valence-corrected chi connectivity index (χ3v) is 1.81. The second-order valence-corrected chi connectivity index (χ2v) is 2.99. The molecule has 0 bridgehead atoms. The van der Waals surface area contributed by atoms with Gasteiger partial charge in [-0.1, -0.05) is 31.9 Å². The van der Waals surface area contributed by atoms with Gasteiger partial charge in [0.05, 0.1) is 6.07 Å². The smallest absolute Gasteiger partial charge is 0.0621 e. The Morgan fingerprint density at radius 1 is 1.08 bits per heavy atom. The van der Waals surface area contributed by atoms with Gasteiger partial charge >= 0.3 is 0 Å². The quantitative estimate of drug-likeness (QED) is 0.415. The van der Waals surface area contributed by atoms with Gasteiger partial charge in [0.1, 0.15) is 0 Å². The molecule has 0 saturated carbocycles. The van der Waals surface area contributed by atoms with Crippen LogP contribution in [-0.2, 0) is 0 Å². The van der Waals surface area contributed by atoms with Gasteiger partial charge in [0.2, 0.25) is 0 Å². The third-order valence-electron chi connectivity index (χ3n) is 1.81. The van der Waals surface area contributed by atoms with E-state index in [0.717, 1.165) is 19.3 Å². The van der Waals surface area contributed by atoms with Crippen molar-refractivity contribution in [2.24, 2.45) is 0 Å². The molecule has 1 heteroatoms. The maximum absolute atomic E-state index is 8.28. The van der Waals surface area contributed by atoms with E-state index in [0.29, 0.717) is 0 Å². The Kier molecular flexibility index (Phi) is 9.57. The number of unbranched alkanes of at least 4 members (excludes halogenated alkanes) is 5. The van der Waals surface area contributed by atoms with Gasteiger partial charge in [-0.05, 0) is 25.7 Å². The zero-order chi connectivity index (χ0) is 9.07. The van der Waals surface area contributed by atoms with Crippen molar-refractivity contribution in [2.75, 3.05) is 0 Å². The molecule has 0 fully saturated rings. The molecule has 0 heterocycles. The van der Waals surface area contributed by atoms with Gasteiger partial charge in [-0.2, -0.15) is 5.26 Å². The Labute approximate surface area is 76.1 Å². The minimum Gasteiger partial charge on any atom is -0.198 e. The predicted octanol–water partition coefficient (Wildman–Crippen LogP) is 3.82. The Hall–Kier alpha value is -0.770. The first kappa shape index (κ1) is 11.2. The van der Waals surface area contributed by atoms with Crippen LogP contribution in [0, 0.1) is 11.3 Å². The molecule has 0 amide bonds. The number of nitriles is 1. The van der Waals surface area contributed by atoms with E-state index in [1.807, 2.05) is 0 Å². The van der Waals surface area contributed by atoms with Crippen LogP contribution >= 0.6 is 0 Å². The fraction of sp³-hybridized carbons (Fsp3) is 0.727. The van der Waals surface area contributed by atoms with Crippen molar-refractivity contribution in [3.8, 4) is 6.07 Å². The number of hydrogen-bond donors (Lipinski definition) is 0. The van der Waals surface area contributed by atoms with Gasteiger partial charge in [-0.15, -0.1) is 0 Å². The maximum atomic E-state index is 8.28. The highest BCUT2D eigenvalue weighted by molar-refractivity contribution is 4.79. The van der Waals surface area contributed by atoms with Crippen molar-refractivity contribution >= 4 is 0 Å². The topological polar surface area (TPSA) is 23.8 Å². The summed E-state index contributed by atoms with van der Waals surface area (Å²) in [6.07, 6.45) is 12.4. The molecule has 12 heavy (non-hydrogen) atoms. The van der Waals surface area contributed by atoms with Crippen molar-refractivity contribution in [1.29, 1.82) is 5.26 Å². The van der Waals surface area contributed by atoms with Crippen molar-refractivity contribution in [1.82, 2.24) is 0 Å². The molecule has 0 rings (SSSR count). The van der Waals surface area contributed by atoms with Gasteiger partial charge in [0.15, 0.2) is 0 Å². The largest absolute Gasteiger partial charge is 0.198 e. The lowest BCUT2D eigenvalue weighted by molar-refractivity contribution is 0.654. The van der Waals surface area contributed by atoms with Gasteiger partial charge in [0.25, 0.3) is 0 Å². The monoisotopic (exact) mass is 165 g/mol. The first-order chi connectivity index (χ1) is 5.91. The Bertz CT molecular complexity index is 142. The highest BCUT2D eigenvalue weighted by Gasteiger charge is 1.87. The molecule has 68 valence electrons. The summed E-state index contributed by atoms with van der Waals surface area (Å²) in [6.45, 7) is 2.16. The predicted molar refractivity (Wildman–Crippen MR) is 52.7 cm³/mol. The average molecular weight is 165 g/mol. The zero-order valence-electron chi connectivity index (χ0n) is 8.05. The van der Waals surface area contributed by atoms with Crippen LogP contribution in [0.2, 0.25) is 0 Å². The lowest BCUT2D eigenvalue weighted by Gasteiger charge is -1.94. The van der Waals surface area contributed by atoms with Gasteiger partial charge < -0.3 is 0 Å². The minimum atomic E-state index is 0.727. The van der Waals surface area contributed by atoms with Crippen LogP contribution in [0.5, 0.6) is 0 Å². The lowest BCUT2D eigenvalue weighted by Crippen LogP contribution is -1.76. The van der Waals surface area contributed by atoms with Crippen LogP contribution in [-0.4, -0.2) is 0 Å². The van der Waals surface area contributed by atoms with Gasteiger partial charge in [0, 0.05) is 6.42 Å². The standard InChI is InChI=1S/C11H19N/c1-2-3-4-5-6-7-8-9-10-11-12/h3-4H,2,5-10H2,1H3/b4-3+. The molecular formula is C11H19N. The molecule has 0 spiro atoms. The molecule has 0 aromatic rings. The second kappa shape index (κ2) is 10.2. The first-order valence-electron chi connectivity index (χ1n) is 4.93. The molecule has 0 atom stereocenters. The van der Waals surface area contributed by atoms with E-state index in [4.69, 9.17) is 5.26 Å². The number of rotatable bonds is 7. The molecule has 0 aromatic heterocycles. The summed E-state index contributed by atoms with van der Waals surface area (Å²) >= 11 is 0. The molecular weight excluding hydrogens is 146 g/mol. The molecule has 1 nitrogen and oxygen atoms in total. The van der Waals surface area contributed by atoms with Crippen LogP contribution in [0.25, 0.3) is 0 Å². The molecule has 0 aliphatic heterocycles. The summed E-state index contributed by atoms with van der Waals surface area (Å²) in [5.41, 5.74) is 0. The van der Waals surface area contributed by atoms with Gasteiger partial charge in [-0.25, -0.2) is 0 Å². The number of hydrogen-bond acceptors (Lipinski definition) is 1. The van der Waals surface area contributed by atoms with Crippen LogP contribution < -0.4 is 0 Å². The molecule has 0 aliphatic carbocycles. The molecule has 0 radical (unpaired) electrons. The van der Waals surface area contributed by atoms with E-state index in [2.05, 4.69) is 25.1 Å². The molecule has 0 unspecified atom stereocenters. The van der Waals surface area contributed by atoms with Crippen LogP contribution in [0.4, 0.5) is 0 Å². The van der Waals surface area contributed by atoms with Crippen LogP contribution in [0.3, 0.4) is 0 Å². The first-order valence-corrected chi connectivity index (χ1v) is 4.93. The molecule has 0 aliphatic rings. The highest BCUT2D eigenvalue weighted by atomic mass is 14.2. The normalized spacial score (nSPS) is 10.3. The minimum absolute atomic E-state index is 0.727. The maximum Gasteiger partial charge on any atom is 0.0621 e.